The Morgan fingerprint density at radius 1 is 0.810 bits per heavy atom. The molecule has 21 heavy (non-hydrogen) atoms. The smallest absolute Gasteiger partial charge is 0.323 e. The van der Waals surface area contributed by atoms with Crippen molar-refractivity contribution in [3.63, 3.8) is 0 Å². The Labute approximate surface area is 131 Å². The van der Waals surface area contributed by atoms with Crippen LogP contribution in [0.15, 0.2) is 0 Å². The largest absolute Gasteiger partial charge is 0.480 e. The summed E-state index contributed by atoms with van der Waals surface area (Å²) in [6.07, 6.45) is 16.0. The summed E-state index contributed by atoms with van der Waals surface area (Å²) in [4.78, 5) is 10.9. The summed E-state index contributed by atoms with van der Waals surface area (Å²) in [5, 5.41) is 12.1. The lowest BCUT2D eigenvalue weighted by Crippen LogP contribution is -2.46. The lowest BCUT2D eigenvalue weighted by molar-refractivity contribution is -0.143. The zero-order valence-corrected chi connectivity index (χ0v) is 14.5. The molecule has 0 heterocycles. The molecule has 0 amide bonds. The fourth-order valence-corrected chi connectivity index (χ4v) is 2.44. The summed E-state index contributed by atoms with van der Waals surface area (Å²) in [6.45, 7) is 6.50. The summed E-state index contributed by atoms with van der Waals surface area (Å²) >= 11 is 0. The molecule has 0 radical (unpaired) electrons. The highest BCUT2D eigenvalue weighted by Gasteiger charge is 2.25. The molecule has 0 aliphatic carbocycles. The van der Waals surface area contributed by atoms with Gasteiger partial charge in [-0.15, -0.1) is 0 Å². The van der Waals surface area contributed by atoms with Crippen LogP contribution in [0.25, 0.3) is 0 Å². The van der Waals surface area contributed by atoms with Crippen molar-refractivity contribution in [3.8, 4) is 0 Å². The maximum atomic E-state index is 10.9. The number of hydrogen-bond acceptors (Lipinski definition) is 2. The van der Waals surface area contributed by atoms with Gasteiger partial charge >= 0.3 is 5.97 Å². The molecule has 126 valence electrons. The van der Waals surface area contributed by atoms with E-state index in [2.05, 4.69) is 12.2 Å². The van der Waals surface area contributed by atoms with Gasteiger partial charge in [-0.3, -0.25) is 4.79 Å². The molecule has 3 heteroatoms. The van der Waals surface area contributed by atoms with Gasteiger partial charge in [0.2, 0.25) is 0 Å². The first-order chi connectivity index (χ1) is 10.0. The zero-order chi connectivity index (χ0) is 16.0. The predicted octanol–water partition coefficient (Wildman–Crippen LogP) is 5.14. The van der Waals surface area contributed by atoms with E-state index in [1.807, 2.05) is 0 Å². The van der Waals surface area contributed by atoms with Crippen molar-refractivity contribution in [2.75, 3.05) is 6.54 Å². The number of carbonyl (C=O) groups is 1. The minimum Gasteiger partial charge on any atom is -0.480 e. The normalized spacial score (nSPS) is 11.8. The van der Waals surface area contributed by atoms with E-state index in [1.54, 1.807) is 13.8 Å². The highest BCUT2D eigenvalue weighted by Crippen LogP contribution is 2.12. The molecule has 0 aromatic heterocycles. The van der Waals surface area contributed by atoms with Crippen LogP contribution in [0.2, 0.25) is 0 Å². The summed E-state index contributed by atoms with van der Waals surface area (Å²) in [6, 6.07) is 0. The molecule has 0 fully saturated rings. The Bertz CT molecular complexity index is 252. The molecule has 0 atom stereocenters. The molecule has 2 N–H and O–H groups in total. The summed E-state index contributed by atoms with van der Waals surface area (Å²) in [5.74, 6) is -0.776. The Hall–Kier alpha value is -0.570. The van der Waals surface area contributed by atoms with Crippen LogP contribution in [0.1, 0.15) is 97.8 Å². The van der Waals surface area contributed by atoms with Crippen molar-refractivity contribution >= 4 is 5.97 Å². The van der Waals surface area contributed by atoms with Crippen LogP contribution in [-0.4, -0.2) is 23.2 Å². The topological polar surface area (TPSA) is 49.3 Å². The van der Waals surface area contributed by atoms with Crippen molar-refractivity contribution in [3.05, 3.63) is 0 Å². The third kappa shape index (κ3) is 12.9. The van der Waals surface area contributed by atoms with Crippen molar-refractivity contribution < 1.29 is 9.90 Å². The zero-order valence-electron chi connectivity index (χ0n) is 14.5. The second-order valence-electron chi connectivity index (χ2n) is 6.75. The molecule has 0 aliphatic rings. The maximum Gasteiger partial charge on any atom is 0.323 e. The average molecular weight is 299 g/mol. The van der Waals surface area contributed by atoms with Gasteiger partial charge < -0.3 is 10.4 Å². The minimum atomic E-state index is -0.794. The number of hydrogen-bond donors (Lipinski definition) is 2. The summed E-state index contributed by atoms with van der Waals surface area (Å²) in [7, 11) is 0. The lowest BCUT2D eigenvalue weighted by atomic mass is 10.0. The lowest BCUT2D eigenvalue weighted by Gasteiger charge is -2.20. The van der Waals surface area contributed by atoms with E-state index in [-0.39, 0.29) is 0 Å². The Kier molecular flexibility index (Phi) is 12.8. The first-order valence-electron chi connectivity index (χ1n) is 8.99. The first-order valence-corrected chi connectivity index (χ1v) is 8.99. The molecular formula is C18H37NO2. The van der Waals surface area contributed by atoms with Gasteiger partial charge in [-0.1, -0.05) is 77.6 Å². The SMILES string of the molecule is CCCCCCCCCCCCCCNC(C)(C)C(=O)O. The number of carboxylic acid groups (broad SMARTS) is 1. The molecule has 0 aliphatic heterocycles. The third-order valence-corrected chi connectivity index (χ3v) is 4.13. The second kappa shape index (κ2) is 13.1. The summed E-state index contributed by atoms with van der Waals surface area (Å²) < 4.78 is 0. The molecule has 0 rings (SSSR count). The van der Waals surface area contributed by atoms with Gasteiger partial charge in [-0.25, -0.2) is 0 Å². The minimum absolute atomic E-state index is 0.776. The monoisotopic (exact) mass is 299 g/mol. The van der Waals surface area contributed by atoms with Crippen molar-refractivity contribution in [1.82, 2.24) is 5.32 Å². The molecule has 0 aromatic carbocycles. The Balaban J connectivity index is 3.18. The van der Waals surface area contributed by atoms with E-state index < -0.39 is 11.5 Å². The standard InChI is InChI=1S/C18H37NO2/c1-4-5-6-7-8-9-10-11-12-13-14-15-16-19-18(2,3)17(20)21/h19H,4-16H2,1-3H3,(H,20,21). The highest BCUT2D eigenvalue weighted by molar-refractivity contribution is 5.77. The number of unbranched alkanes of at least 4 members (excludes halogenated alkanes) is 11. The van der Waals surface area contributed by atoms with Gasteiger partial charge in [-0.05, 0) is 26.8 Å². The predicted molar refractivity (Wildman–Crippen MR) is 90.8 cm³/mol. The van der Waals surface area contributed by atoms with Crippen LogP contribution in [0, 0.1) is 0 Å². The molecule has 0 saturated heterocycles. The van der Waals surface area contributed by atoms with Gasteiger partial charge in [-0.2, -0.15) is 0 Å². The molecule has 0 unspecified atom stereocenters. The number of aliphatic carboxylic acids is 1. The third-order valence-electron chi connectivity index (χ3n) is 4.13. The molecule has 0 aromatic rings. The molecule has 0 bridgehead atoms. The van der Waals surface area contributed by atoms with E-state index in [4.69, 9.17) is 5.11 Å². The second-order valence-corrected chi connectivity index (χ2v) is 6.75. The van der Waals surface area contributed by atoms with E-state index in [9.17, 15) is 4.79 Å². The maximum absolute atomic E-state index is 10.9. The van der Waals surface area contributed by atoms with Crippen LogP contribution >= 0.6 is 0 Å². The Morgan fingerprint density at radius 3 is 1.57 bits per heavy atom. The van der Waals surface area contributed by atoms with Gasteiger partial charge in [0.25, 0.3) is 0 Å². The van der Waals surface area contributed by atoms with Gasteiger partial charge in [0.15, 0.2) is 0 Å². The summed E-state index contributed by atoms with van der Waals surface area (Å²) in [5.41, 5.74) is -0.794. The van der Waals surface area contributed by atoms with Crippen molar-refractivity contribution in [2.45, 2.75) is 103 Å². The van der Waals surface area contributed by atoms with Gasteiger partial charge in [0.05, 0.1) is 0 Å². The van der Waals surface area contributed by atoms with Gasteiger partial charge in [0, 0.05) is 0 Å². The Morgan fingerprint density at radius 2 is 1.19 bits per heavy atom. The quantitative estimate of drug-likeness (QED) is 0.412. The molecule has 0 saturated carbocycles. The fraction of sp³-hybridized carbons (Fsp3) is 0.944. The fourth-order valence-electron chi connectivity index (χ4n) is 2.44. The van der Waals surface area contributed by atoms with Crippen LogP contribution < -0.4 is 5.32 Å². The average Bonchev–Trinajstić information content (AvgIpc) is 2.43. The van der Waals surface area contributed by atoms with Crippen LogP contribution in [0.4, 0.5) is 0 Å². The molecule has 3 nitrogen and oxygen atoms in total. The molecule has 0 spiro atoms. The van der Waals surface area contributed by atoms with E-state index in [0.717, 1.165) is 13.0 Å². The van der Waals surface area contributed by atoms with E-state index in [0.29, 0.717) is 0 Å². The van der Waals surface area contributed by atoms with Crippen molar-refractivity contribution in [2.24, 2.45) is 0 Å². The number of carboxylic acids is 1. The molecular weight excluding hydrogens is 262 g/mol. The first kappa shape index (κ1) is 20.4. The van der Waals surface area contributed by atoms with Crippen LogP contribution in [-0.2, 0) is 4.79 Å². The number of nitrogens with one attached hydrogen (secondary N) is 1. The van der Waals surface area contributed by atoms with Crippen molar-refractivity contribution in [1.29, 1.82) is 0 Å². The number of rotatable bonds is 15. The highest BCUT2D eigenvalue weighted by atomic mass is 16.4. The van der Waals surface area contributed by atoms with Gasteiger partial charge in [0.1, 0.15) is 5.54 Å². The van der Waals surface area contributed by atoms with E-state index >= 15 is 0 Å². The van der Waals surface area contributed by atoms with Crippen LogP contribution in [0.5, 0.6) is 0 Å². The van der Waals surface area contributed by atoms with Crippen LogP contribution in [0.3, 0.4) is 0 Å². The van der Waals surface area contributed by atoms with E-state index in [1.165, 1.54) is 70.6 Å².